The summed E-state index contributed by atoms with van der Waals surface area (Å²) in [5.74, 6) is -0.141. The van der Waals surface area contributed by atoms with Crippen LogP contribution in [0.15, 0.2) is 65.6 Å². The van der Waals surface area contributed by atoms with Gasteiger partial charge in [0.15, 0.2) is 17.5 Å². The summed E-state index contributed by atoms with van der Waals surface area (Å²) in [7, 11) is 0. The van der Waals surface area contributed by atoms with Crippen molar-refractivity contribution in [3.8, 4) is 0 Å². The lowest BCUT2D eigenvalue weighted by atomic mass is 9.90. The lowest BCUT2D eigenvalue weighted by molar-refractivity contribution is 0.0923. The number of benzene rings is 1. The van der Waals surface area contributed by atoms with Crippen molar-refractivity contribution in [2.24, 2.45) is 0 Å². The van der Waals surface area contributed by atoms with Gasteiger partial charge in [0, 0.05) is 41.2 Å². The summed E-state index contributed by atoms with van der Waals surface area (Å²) in [6.07, 6.45) is 10.0. The maximum atomic E-state index is 14.7. The predicted octanol–water partition coefficient (Wildman–Crippen LogP) is 3.65. The number of rotatable bonds is 5. The Balaban J connectivity index is 1.35. The van der Waals surface area contributed by atoms with Gasteiger partial charge < -0.3 is 21.3 Å². The third kappa shape index (κ3) is 4.57. The van der Waals surface area contributed by atoms with Gasteiger partial charge in [-0.05, 0) is 31.1 Å². The number of carbonyl (C=O) groups is 1. The third-order valence-electron chi connectivity index (χ3n) is 6.12. The molecular formula is C24H24ClFN6O. The number of hydrogen-bond donors (Lipinski definition) is 4. The predicted molar refractivity (Wildman–Crippen MR) is 126 cm³/mol. The highest BCUT2D eigenvalue weighted by Crippen LogP contribution is 2.31. The molecule has 1 unspecified atom stereocenters. The van der Waals surface area contributed by atoms with Crippen LogP contribution in [0, 0.1) is 5.82 Å². The van der Waals surface area contributed by atoms with E-state index in [4.69, 9.17) is 11.6 Å². The molecule has 33 heavy (non-hydrogen) atoms. The van der Waals surface area contributed by atoms with Gasteiger partial charge in [0.1, 0.15) is 6.17 Å². The molecule has 0 spiro atoms. The second kappa shape index (κ2) is 9.23. The number of nitrogens with one attached hydrogen (secondary N) is 4. The van der Waals surface area contributed by atoms with Crippen molar-refractivity contribution in [1.29, 1.82) is 0 Å². The largest absolute Gasteiger partial charge is 0.367 e. The normalized spacial score (nSPS) is 23.8. The molecule has 0 radical (unpaired) electrons. The quantitative estimate of drug-likeness (QED) is 0.537. The molecule has 2 aromatic rings. The molecule has 0 bridgehead atoms. The Bertz CT molecular complexity index is 1150. The van der Waals surface area contributed by atoms with Gasteiger partial charge in [0.25, 0.3) is 5.91 Å². The van der Waals surface area contributed by atoms with Crippen molar-refractivity contribution in [2.75, 3.05) is 5.32 Å². The Kier molecular flexibility index (Phi) is 6.00. The van der Waals surface area contributed by atoms with Gasteiger partial charge in [0.05, 0.1) is 11.2 Å². The highest BCUT2D eigenvalue weighted by molar-refractivity contribution is 6.31. The minimum absolute atomic E-state index is 0.122. The van der Waals surface area contributed by atoms with Gasteiger partial charge in [-0.2, -0.15) is 0 Å². The Hall–Kier alpha value is -3.39. The van der Waals surface area contributed by atoms with Crippen LogP contribution < -0.4 is 21.3 Å². The van der Waals surface area contributed by atoms with Crippen LogP contribution in [0.4, 0.5) is 10.2 Å². The summed E-state index contributed by atoms with van der Waals surface area (Å²) >= 11 is 6.14. The van der Waals surface area contributed by atoms with Crippen molar-refractivity contribution < 1.29 is 9.18 Å². The van der Waals surface area contributed by atoms with Gasteiger partial charge in [-0.25, -0.2) is 14.4 Å². The fourth-order valence-electron chi connectivity index (χ4n) is 4.43. The second-order valence-corrected chi connectivity index (χ2v) is 8.76. The summed E-state index contributed by atoms with van der Waals surface area (Å²) in [6, 6.07) is 8.84. The Morgan fingerprint density at radius 3 is 2.67 bits per heavy atom. The summed E-state index contributed by atoms with van der Waals surface area (Å²) < 4.78 is 14.7. The first-order chi connectivity index (χ1) is 16.1. The molecule has 3 heterocycles. The van der Waals surface area contributed by atoms with Crippen molar-refractivity contribution in [3.05, 3.63) is 82.8 Å². The number of aromatic nitrogens is 2. The molecule has 1 amide bonds. The van der Waals surface area contributed by atoms with Crippen molar-refractivity contribution in [2.45, 2.75) is 43.9 Å². The molecule has 5 rings (SSSR count). The van der Waals surface area contributed by atoms with E-state index in [1.165, 1.54) is 6.20 Å². The smallest absolute Gasteiger partial charge is 0.251 e. The van der Waals surface area contributed by atoms with E-state index in [2.05, 4.69) is 31.2 Å². The Morgan fingerprint density at radius 2 is 1.85 bits per heavy atom. The number of halogens is 2. The van der Waals surface area contributed by atoms with Crippen LogP contribution in [0.2, 0.25) is 0 Å². The molecule has 170 valence electrons. The zero-order chi connectivity index (χ0) is 22.8. The van der Waals surface area contributed by atoms with Crippen LogP contribution in [0.1, 0.15) is 41.9 Å². The minimum Gasteiger partial charge on any atom is -0.367 e. The lowest BCUT2D eigenvalue weighted by Crippen LogP contribution is -2.48. The Labute approximate surface area is 196 Å². The van der Waals surface area contributed by atoms with E-state index in [0.29, 0.717) is 16.4 Å². The highest BCUT2D eigenvalue weighted by atomic mass is 35.5. The summed E-state index contributed by atoms with van der Waals surface area (Å²) in [6.45, 7) is 0. The maximum absolute atomic E-state index is 14.7. The molecule has 1 aliphatic carbocycles. The number of anilines is 1. The molecule has 0 saturated heterocycles. The van der Waals surface area contributed by atoms with Gasteiger partial charge in [-0.3, -0.25) is 4.79 Å². The van der Waals surface area contributed by atoms with E-state index in [9.17, 15) is 9.18 Å². The molecular weight excluding hydrogens is 443 g/mol. The Morgan fingerprint density at radius 1 is 1.09 bits per heavy atom. The molecule has 3 aliphatic rings. The van der Waals surface area contributed by atoms with E-state index >= 15 is 0 Å². The number of allylic oxidation sites excluding steroid dienone is 2. The van der Waals surface area contributed by atoms with Crippen LogP contribution in [-0.4, -0.2) is 34.1 Å². The summed E-state index contributed by atoms with van der Waals surface area (Å²) in [5.41, 5.74) is 2.25. The molecule has 4 N–H and O–H groups in total. The molecule has 2 aliphatic heterocycles. The van der Waals surface area contributed by atoms with E-state index < -0.39 is 5.82 Å². The highest BCUT2D eigenvalue weighted by Gasteiger charge is 2.30. The molecule has 1 aromatic carbocycles. The first-order valence-corrected chi connectivity index (χ1v) is 11.4. The molecule has 1 aromatic heterocycles. The second-order valence-electron chi connectivity index (χ2n) is 8.32. The average Bonchev–Trinajstić information content (AvgIpc) is 3.25. The zero-order valence-corrected chi connectivity index (χ0v) is 18.6. The lowest BCUT2D eigenvalue weighted by Gasteiger charge is -2.33. The number of nitrogens with zero attached hydrogens (tertiary/aromatic N) is 2. The number of dihydropyridines is 1. The van der Waals surface area contributed by atoms with E-state index in [1.54, 1.807) is 24.5 Å². The average molecular weight is 467 g/mol. The maximum Gasteiger partial charge on any atom is 0.251 e. The first-order valence-electron chi connectivity index (χ1n) is 11.0. The van der Waals surface area contributed by atoms with Crippen molar-refractivity contribution in [3.63, 3.8) is 0 Å². The minimum atomic E-state index is -0.533. The first kappa shape index (κ1) is 21.5. The van der Waals surface area contributed by atoms with Crippen LogP contribution in [0.25, 0.3) is 5.57 Å². The number of fused-ring (bicyclic) bond motifs is 1. The number of carbonyl (C=O) groups excluding carboxylic acids is 1. The monoisotopic (exact) mass is 466 g/mol. The van der Waals surface area contributed by atoms with Crippen LogP contribution in [0.5, 0.6) is 0 Å². The molecule has 1 fully saturated rings. The van der Waals surface area contributed by atoms with Gasteiger partial charge >= 0.3 is 0 Å². The van der Waals surface area contributed by atoms with E-state index in [0.717, 1.165) is 36.8 Å². The van der Waals surface area contributed by atoms with Crippen molar-refractivity contribution >= 4 is 28.9 Å². The van der Waals surface area contributed by atoms with Gasteiger partial charge in [0.2, 0.25) is 0 Å². The van der Waals surface area contributed by atoms with E-state index in [1.807, 2.05) is 24.3 Å². The summed E-state index contributed by atoms with van der Waals surface area (Å²) in [5, 5.41) is 13.3. The van der Waals surface area contributed by atoms with Crippen LogP contribution in [0.3, 0.4) is 0 Å². The number of amides is 1. The van der Waals surface area contributed by atoms with Crippen LogP contribution >= 0.6 is 11.6 Å². The zero-order valence-electron chi connectivity index (χ0n) is 17.8. The fourth-order valence-corrected chi connectivity index (χ4v) is 4.61. The standard InChI is InChI=1S/C24H24ClFN6O/c25-15-10-16-17(12-28-21(16)27-11-15)22-29-13-18(26)23(32-22)30-19-8-4-5-9-20(19)31-24(33)14-6-2-1-3-7-14/h1-3,6-7,10-13,19-21,27-28H,4-5,8-9H2,(H,31,33)(H,29,30,32)/t19-,20-,21?/m0/s1. The number of hydrogen-bond acceptors (Lipinski definition) is 6. The van der Waals surface area contributed by atoms with Gasteiger partial charge in [-0.1, -0.05) is 42.6 Å². The van der Waals surface area contributed by atoms with Crippen molar-refractivity contribution in [1.82, 2.24) is 25.9 Å². The molecule has 3 atom stereocenters. The molecule has 9 heteroatoms. The molecule has 7 nitrogen and oxygen atoms in total. The summed E-state index contributed by atoms with van der Waals surface area (Å²) in [4.78, 5) is 21.4. The van der Waals surface area contributed by atoms with E-state index in [-0.39, 0.29) is 30.0 Å². The fraction of sp³-hybridized carbons (Fsp3) is 0.292. The topological polar surface area (TPSA) is 91.0 Å². The molecule has 1 saturated carbocycles. The SMILES string of the molecule is O=C(N[C@H]1CCCC[C@@H]1Nc1nc(C2=CNC3NC=C(Cl)C=C23)ncc1F)c1ccccc1. The van der Waals surface area contributed by atoms with Crippen LogP contribution in [-0.2, 0) is 0 Å². The van der Waals surface area contributed by atoms with Gasteiger partial charge in [-0.15, -0.1) is 0 Å². The third-order valence-corrected chi connectivity index (χ3v) is 6.34.